The Balaban J connectivity index is 2.13. The SMILES string of the molecule is CCCOC[C@@H](n1cc(C(=O)OCC)c(=O)c2cc(OCc3ccc(OC)cc3)c(C)cc21)C(C)(C)C. The van der Waals surface area contributed by atoms with Gasteiger partial charge in [-0.15, -0.1) is 0 Å². The van der Waals surface area contributed by atoms with Crippen LogP contribution in [0, 0.1) is 12.3 Å². The highest BCUT2D eigenvalue weighted by Gasteiger charge is 2.29. The fraction of sp³-hybridized carbons (Fsp3) is 0.467. The van der Waals surface area contributed by atoms with E-state index in [0.29, 0.717) is 31.0 Å². The van der Waals surface area contributed by atoms with Crippen molar-refractivity contribution >= 4 is 16.9 Å². The van der Waals surface area contributed by atoms with Crippen LogP contribution in [-0.2, 0) is 16.1 Å². The molecule has 1 atom stereocenters. The summed E-state index contributed by atoms with van der Waals surface area (Å²) in [4.78, 5) is 26.3. The molecule has 0 fully saturated rings. The van der Waals surface area contributed by atoms with Crippen molar-refractivity contribution in [3.63, 3.8) is 0 Å². The summed E-state index contributed by atoms with van der Waals surface area (Å²) in [7, 11) is 1.63. The molecule has 0 aliphatic heterocycles. The highest BCUT2D eigenvalue weighted by atomic mass is 16.5. The van der Waals surface area contributed by atoms with E-state index in [-0.39, 0.29) is 29.1 Å². The molecule has 7 nitrogen and oxygen atoms in total. The van der Waals surface area contributed by atoms with Gasteiger partial charge in [-0.05, 0) is 61.1 Å². The highest BCUT2D eigenvalue weighted by molar-refractivity contribution is 5.94. The maximum Gasteiger partial charge on any atom is 0.343 e. The van der Waals surface area contributed by atoms with Crippen LogP contribution in [0.4, 0.5) is 0 Å². The minimum absolute atomic E-state index is 0.00375. The summed E-state index contributed by atoms with van der Waals surface area (Å²) in [6.45, 7) is 13.7. The molecule has 0 amide bonds. The molecule has 0 saturated heterocycles. The maximum absolute atomic E-state index is 13.5. The second-order valence-corrected chi connectivity index (χ2v) is 10.2. The number of carbonyl (C=O) groups is 1. The molecule has 0 radical (unpaired) electrons. The Morgan fingerprint density at radius 2 is 1.78 bits per heavy atom. The summed E-state index contributed by atoms with van der Waals surface area (Å²) >= 11 is 0. The summed E-state index contributed by atoms with van der Waals surface area (Å²) in [5.74, 6) is 0.725. The standard InChI is InChI=1S/C30H39NO6/c1-8-14-35-19-27(30(4,5)6)31-17-24(29(33)36-9-2)28(32)23-16-26(20(3)15-25(23)31)37-18-21-10-12-22(34-7)13-11-21/h10-13,15-17,27H,8-9,14,18-19H2,1-7H3/t27-/m1/s1. The largest absolute Gasteiger partial charge is 0.497 e. The number of fused-ring (bicyclic) bond motifs is 1. The van der Waals surface area contributed by atoms with Gasteiger partial charge in [-0.2, -0.15) is 0 Å². The number of aromatic nitrogens is 1. The van der Waals surface area contributed by atoms with E-state index in [1.165, 1.54) is 0 Å². The van der Waals surface area contributed by atoms with E-state index in [2.05, 4.69) is 27.7 Å². The number of methoxy groups -OCH3 is 1. The molecular formula is C30H39NO6. The van der Waals surface area contributed by atoms with E-state index in [1.807, 2.05) is 41.8 Å². The third-order valence-corrected chi connectivity index (χ3v) is 6.34. The minimum Gasteiger partial charge on any atom is -0.497 e. The maximum atomic E-state index is 13.5. The van der Waals surface area contributed by atoms with E-state index < -0.39 is 5.97 Å². The first kappa shape index (κ1) is 28.3. The lowest BCUT2D eigenvalue weighted by atomic mass is 9.86. The number of rotatable bonds is 11. The quantitative estimate of drug-likeness (QED) is 0.230. The number of esters is 1. The molecule has 0 saturated carbocycles. The smallest absolute Gasteiger partial charge is 0.343 e. The molecule has 0 aliphatic carbocycles. The molecule has 0 spiro atoms. The van der Waals surface area contributed by atoms with Crippen molar-refractivity contribution in [1.82, 2.24) is 4.57 Å². The molecule has 0 bridgehead atoms. The first-order chi connectivity index (χ1) is 17.6. The number of nitrogens with zero attached hydrogens (tertiary/aromatic N) is 1. The molecule has 1 heterocycles. The van der Waals surface area contributed by atoms with Gasteiger partial charge < -0.3 is 23.5 Å². The van der Waals surface area contributed by atoms with Crippen molar-refractivity contribution < 1.29 is 23.7 Å². The van der Waals surface area contributed by atoms with Crippen LogP contribution >= 0.6 is 0 Å². The van der Waals surface area contributed by atoms with Gasteiger partial charge in [0.1, 0.15) is 23.7 Å². The number of carbonyl (C=O) groups excluding carboxylic acids is 1. The monoisotopic (exact) mass is 509 g/mol. The van der Waals surface area contributed by atoms with Gasteiger partial charge in [0.05, 0.1) is 37.3 Å². The van der Waals surface area contributed by atoms with Crippen molar-refractivity contribution in [2.75, 3.05) is 26.9 Å². The Labute approximate surface area is 219 Å². The van der Waals surface area contributed by atoms with Gasteiger partial charge in [-0.1, -0.05) is 39.8 Å². The van der Waals surface area contributed by atoms with Crippen LogP contribution in [0.1, 0.15) is 68.6 Å². The summed E-state index contributed by atoms with van der Waals surface area (Å²) in [6, 6.07) is 11.2. The number of ether oxygens (including phenoxy) is 4. The van der Waals surface area contributed by atoms with Crippen LogP contribution in [0.15, 0.2) is 47.4 Å². The van der Waals surface area contributed by atoms with E-state index >= 15 is 0 Å². The molecule has 7 heteroatoms. The van der Waals surface area contributed by atoms with Crippen LogP contribution in [0.5, 0.6) is 11.5 Å². The topological polar surface area (TPSA) is 76.0 Å². The van der Waals surface area contributed by atoms with E-state index in [0.717, 1.165) is 28.8 Å². The molecule has 0 unspecified atom stereocenters. The van der Waals surface area contributed by atoms with Crippen molar-refractivity contribution in [3.8, 4) is 11.5 Å². The van der Waals surface area contributed by atoms with E-state index in [1.54, 1.807) is 26.3 Å². The molecule has 0 aliphatic rings. The molecule has 200 valence electrons. The molecular weight excluding hydrogens is 470 g/mol. The Hall–Kier alpha value is -3.32. The molecule has 0 N–H and O–H groups in total. The first-order valence-corrected chi connectivity index (χ1v) is 12.8. The Kier molecular flexibility index (Phi) is 9.38. The third-order valence-electron chi connectivity index (χ3n) is 6.34. The normalized spacial score (nSPS) is 12.4. The van der Waals surface area contributed by atoms with Crippen LogP contribution in [0.3, 0.4) is 0 Å². The van der Waals surface area contributed by atoms with Gasteiger partial charge in [0, 0.05) is 12.8 Å². The zero-order valence-corrected chi connectivity index (χ0v) is 23.1. The zero-order chi connectivity index (χ0) is 27.2. The van der Waals surface area contributed by atoms with Crippen molar-refractivity contribution in [1.29, 1.82) is 0 Å². The Bertz CT molecular complexity index is 1270. The first-order valence-electron chi connectivity index (χ1n) is 12.8. The number of aryl methyl sites for hydroxylation is 1. The lowest BCUT2D eigenvalue weighted by molar-refractivity contribution is 0.0514. The summed E-state index contributed by atoms with van der Waals surface area (Å²) in [5, 5.41) is 0.408. The van der Waals surface area contributed by atoms with Crippen molar-refractivity contribution in [3.05, 3.63) is 69.5 Å². The van der Waals surface area contributed by atoms with Crippen LogP contribution in [0.2, 0.25) is 0 Å². The van der Waals surface area contributed by atoms with Gasteiger partial charge in [-0.3, -0.25) is 4.79 Å². The van der Waals surface area contributed by atoms with Gasteiger partial charge in [0.15, 0.2) is 0 Å². The lowest BCUT2D eigenvalue weighted by Gasteiger charge is -2.34. The van der Waals surface area contributed by atoms with Gasteiger partial charge in [0.2, 0.25) is 5.43 Å². The predicted molar refractivity (Wildman–Crippen MR) is 146 cm³/mol. The van der Waals surface area contributed by atoms with Crippen LogP contribution in [0.25, 0.3) is 10.9 Å². The molecule has 3 aromatic rings. The lowest BCUT2D eigenvalue weighted by Crippen LogP contribution is -2.32. The average molecular weight is 510 g/mol. The molecule has 37 heavy (non-hydrogen) atoms. The number of hydrogen-bond donors (Lipinski definition) is 0. The van der Waals surface area contributed by atoms with Crippen molar-refractivity contribution in [2.24, 2.45) is 5.41 Å². The minimum atomic E-state index is -0.633. The van der Waals surface area contributed by atoms with Gasteiger partial charge in [0.25, 0.3) is 0 Å². The molecule has 1 aromatic heterocycles. The van der Waals surface area contributed by atoms with Crippen molar-refractivity contribution in [2.45, 2.75) is 60.6 Å². The second kappa shape index (κ2) is 12.3. The zero-order valence-electron chi connectivity index (χ0n) is 23.1. The summed E-state index contributed by atoms with van der Waals surface area (Å²) in [6.07, 6.45) is 2.54. The van der Waals surface area contributed by atoms with Gasteiger partial charge >= 0.3 is 5.97 Å². The highest BCUT2D eigenvalue weighted by Crippen LogP contribution is 2.35. The average Bonchev–Trinajstić information content (AvgIpc) is 2.86. The second-order valence-electron chi connectivity index (χ2n) is 10.2. The third kappa shape index (κ3) is 6.72. The predicted octanol–water partition coefficient (Wildman–Crippen LogP) is 6.09. The molecule has 3 rings (SSSR count). The number of hydrogen-bond acceptors (Lipinski definition) is 6. The van der Waals surface area contributed by atoms with E-state index in [9.17, 15) is 9.59 Å². The molecule has 2 aromatic carbocycles. The Morgan fingerprint density at radius 3 is 2.38 bits per heavy atom. The summed E-state index contributed by atoms with van der Waals surface area (Å²) in [5.41, 5.74) is 2.01. The number of pyridine rings is 1. The fourth-order valence-corrected chi connectivity index (χ4v) is 4.22. The van der Waals surface area contributed by atoms with Crippen LogP contribution in [-0.4, -0.2) is 37.5 Å². The number of benzene rings is 2. The van der Waals surface area contributed by atoms with E-state index in [4.69, 9.17) is 18.9 Å². The van der Waals surface area contributed by atoms with Crippen LogP contribution < -0.4 is 14.9 Å². The van der Waals surface area contributed by atoms with Gasteiger partial charge in [-0.25, -0.2) is 4.79 Å². The fourth-order valence-electron chi connectivity index (χ4n) is 4.22. The summed E-state index contributed by atoms with van der Waals surface area (Å²) < 4.78 is 24.5. The Morgan fingerprint density at radius 1 is 1.08 bits per heavy atom.